The molecule has 0 aromatic carbocycles. The van der Waals surface area contributed by atoms with Crippen molar-refractivity contribution < 1.29 is 36.9 Å². The van der Waals surface area contributed by atoms with Gasteiger partial charge in [0.2, 0.25) is 0 Å². The van der Waals surface area contributed by atoms with E-state index in [1.807, 2.05) is 0 Å². The number of aromatic amines is 1. The molecule has 0 unspecified atom stereocenters. The van der Waals surface area contributed by atoms with E-state index in [4.69, 9.17) is 25.4 Å². The number of carbonyl (C=O) groups excluding carboxylic acids is 1. The number of halogens is 3. The SMILES string of the molecule is C#CCO[C@H]1C[C@H](n2cc(C(F)(F)F)c(=O)[nH]c2=O)O[C@@H]1COC(=O)OCCC. The van der Waals surface area contributed by atoms with E-state index in [1.54, 1.807) is 11.9 Å². The quantitative estimate of drug-likeness (QED) is 0.525. The zero-order valence-electron chi connectivity index (χ0n) is 15.4. The molecule has 0 radical (unpaired) electrons. The number of nitrogens with zero attached hydrogens (tertiary/aromatic N) is 1. The molecule has 1 aromatic heterocycles. The van der Waals surface area contributed by atoms with Gasteiger partial charge in [0.15, 0.2) is 0 Å². The summed E-state index contributed by atoms with van der Waals surface area (Å²) in [5, 5.41) is 0. The lowest BCUT2D eigenvalue weighted by Gasteiger charge is -2.18. The highest BCUT2D eigenvalue weighted by atomic mass is 19.4. The largest absolute Gasteiger partial charge is 0.508 e. The first-order chi connectivity index (χ1) is 13.7. The van der Waals surface area contributed by atoms with Crippen molar-refractivity contribution in [3.8, 4) is 12.3 Å². The Morgan fingerprint density at radius 3 is 2.76 bits per heavy atom. The normalized spacial score (nSPS) is 21.6. The summed E-state index contributed by atoms with van der Waals surface area (Å²) >= 11 is 0. The Hall–Kier alpha value is -2.78. The molecule has 2 rings (SSSR count). The summed E-state index contributed by atoms with van der Waals surface area (Å²) in [6.45, 7) is 1.47. The molecule has 0 aliphatic carbocycles. The van der Waals surface area contributed by atoms with E-state index in [0.717, 1.165) is 0 Å². The predicted octanol–water partition coefficient (Wildman–Crippen LogP) is 1.42. The van der Waals surface area contributed by atoms with E-state index in [1.165, 1.54) is 0 Å². The summed E-state index contributed by atoms with van der Waals surface area (Å²) in [6.07, 6.45) is -2.78. The molecule has 1 aliphatic rings. The van der Waals surface area contributed by atoms with Crippen LogP contribution in [-0.4, -0.2) is 47.7 Å². The topological polar surface area (TPSA) is 109 Å². The fourth-order valence-corrected chi connectivity index (χ4v) is 2.63. The summed E-state index contributed by atoms with van der Waals surface area (Å²) in [4.78, 5) is 36.5. The molecule has 0 bridgehead atoms. The Kier molecular flexibility index (Phi) is 7.46. The minimum Gasteiger partial charge on any atom is -0.434 e. The number of hydrogen-bond acceptors (Lipinski definition) is 7. The molecule has 160 valence electrons. The van der Waals surface area contributed by atoms with Crippen LogP contribution in [0.25, 0.3) is 0 Å². The van der Waals surface area contributed by atoms with Gasteiger partial charge >= 0.3 is 18.0 Å². The predicted molar refractivity (Wildman–Crippen MR) is 91.0 cm³/mol. The number of alkyl halides is 3. The molecule has 12 heteroatoms. The number of aromatic nitrogens is 2. The van der Waals surface area contributed by atoms with E-state index in [9.17, 15) is 27.6 Å². The zero-order chi connectivity index (χ0) is 21.6. The molecule has 29 heavy (non-hydrogen) atoms. The van der Waals surface area contributed by atoms with E-state index < -0.39 is 47.6 Å². The molecule has 9 nitrogen and oxygen atoms in total. The number of rotatable bonds is 7. The summed E-state index contributed by atoms with van der Waals surface area (Å²) in [6, 6.07) is 0. The summed E-state index contributed by atoms with van der Waals surface area (Å²) in [5.41, 5.74) is -4.20. The first kappa shape index (κ1) is 22.5. The summed E-state index contributed by atoms with van der Waals surface area (Å²) < 4.78 is 60.2. The number of carbonyl (C=O) groups is 1. The lowest BCUT2D eigenvalue weighted by molar-refractivity contribution is -0.139. The van der Waals surface area contributed by atoms with Gasteiger partial charge in [-0.1, -0.05) is 12.8 Å². The lowest BCUT2D eigenvalue weighted by atomic mass is 10.2. The van der Waals surface area contributed by atoms with Crippen molar-refractivity contribution >= 4 is 6.16 Å². The van der Waals surface area contributed by atoms with Crippen molar-refractivity contribution in [2.45, 2.75) is 44.4 Å². The molecule has 1 aromatic rings. The third kappa shape index (κ3) is 5.85. The number of nitrogens with one attached hydrogen (secondary N) is 1. The van der Waals surface area contributed by atoms with Crippen LogP contribution in [-0.2, 0) is 25.1 Å². The van der Waals surface area contributed by atoms with E-state index >= 15 is 0 Å². The summed E-state index contributed by atoms with van der Waals surface area (Å²) in [7, 11) is 0. The molecule has 0 saturated carbocycles. The highest BCUT2D eigenvalue weighted by Crippen LogP contribution is 2.32. The van der Waals surface area contributed by atoms with Crippen LogP contribution < -0.4 is 11.2 Å². The van der Waals surface area contributed by atoms with Gasteiger partial charge in [0, 0.05) is 12.6 Å². The Bertz CT molecular complexity index is 871. The van der Waals surface area contributed by atoms with Gasteiger partial charge in [-0.15, -0.1) is 6.42 Å². The van der Waals surface area contributed by atoms with E-state index in [2.05, 4.69) is 5.92 Å². The highest BCUT2D eigenvalue weighted by molar-refractivity contribution is 5.59. The van der Waals surface area contributed by atoms with E-state index in [-0.39, 0.29) is 26.2 Å². The average Bonchev–Trinajstić information content (AvgIpc) is 3.04. The molecule has 2 heterocycles. The maximum absolute atomic E-state index is 13.0. The van der Waals surface area contributed by atoms with Gasteiger partial charge < -0.3 is 18.9 Å². The molecule has 1 fully saturated rings. The number of H-pyrrole nitrogens is 1. The Morgan fingerprint density at radius 1 is 1.41 bits per heavy atom. The number of ether oxygens (including phenoxy) is 4. The molecule has 1 N–H and O–H groups in total. The Balaban J connectivity index is 2.20. The van der Waals surface area contributed by atoms with Crippen molar-refractivity contribution in [1.82, 2.24) is 9.55 Å². The van der Waals surface area contributed by atoms with Gasteiger partial charge in [-0.25, -0.2) is 9.59 Å². The molecule has 0 amide bonds. The van der Waals surface area contributed by atoms with Crippen LogP contribution in [0.3, 0.4) is 0 Å². The maximum Gasteiger partial charge on any atom is 0.508 e. The Morgan fingerprint density at radius 2 is 2.14 bits per heavy atom. The van der Waals surface area contributed by atoms with Crippen LogP contribution in [0.1, 0.15) is 31.6 Å². The van der Waals surface area contributed by atoms with Crippen molar-refractivity contribution in [3.63, 3.8) is 0 Å². The van der Waals surface area contributed by atoms with Crippen LogP contribution in [0.4, 0.5) is 18.0 Å². The monoisotopic (exact) mass is 420 g/mol. The minimum atomic E-state index is -4.97. The van der Waals surface area contributed by atoms with Gasteiger partial charge in [-0.2, -0.15) is 13.2 Å². The van der Waals surface area contributed by atoms with Crippen molar-refractivity contribution in [1.29, 1.82) is 0 Å². The van der Waals surface area contributed by atoms with Crippen LogP contribution >= 0.6 is 0 Å². The Labute approximate surface area is 162 Å². The van der Waals surface area contributed by atoms with E-state index in [0.29, 0.717) is 17.2 Å². The fourth-order valence-electron chi connectivity index (χ4n) is 2.63. The number of hydrogen-bond donors (Lipinski definition) is 1. The first-order valence-corrected chi connectivity index (χ1v) is 8.60. The second-order valence-electron chi connectivity index (χ2n) is 6.04. The first-order valence-electron chi connectivity index (χ1n) is 8.60. The molecule has 0 spiro atoms. The second-order valence-corrected chi connectivity index (χ2v) is 6.04. The highest BCUT2D eigenvalue weighted by Gasteiger charge is 2.40. The fraction of sp³-hybridized carbons (Fsp3) is 0.588. The van der Waals surface area contributed by atoms with Crippen molar-refractivity contribution in [2.75, 3.05) is 19.8 Å². The van der Waals surface area contributed by atoms with Gasteiger partial charge in [-0.05, 0) is 6.42 Å². The van der Waals surface area contributed by atoms with Crippen LogP contribution in [0.5, 0.6) is 0 Å². The third-order valence-electron chi connectivity index (χ3n) is 3.93. The lowest BCUT2D eigenvalue weighted by Crippen LogP contribution is -2.36. The maximum atomic E-state index is 13.0. The van der Waals surface area contributed by atoms with Crippen LogP contribution in [0.15, 0.2) is 15.8 Å². The van der Waals surface area contributed by atoms with Gasteiger partial charge in [0.25, 0.3) is 5.56 Å². The van der Waals surface area contributed by atoms with Crippen molar-refractivity contribution in [2.24, 2.45) is 0 Å². The van der Waals surface area contributed by atoms with Gasteiger partial charge in [0.05, 0.1) is 12.7 Å². The summed E-state index contributed by atoms with van der Waals surface area (Å²) in [5.74, 6) is 2.24. The third-order valence-corrected chi connectivity index (χ3v) is 3.93. The number of terminal acetylenes is 1. The average molecular weight is 420 g/mol. The van der Waals surface area contributed by atoms with Gasteiger partial charge in [-0.3, -0.25) is 14.3 Å². The molecule has 1 saturated heterocycles. The standard InChI is InChI=1S/C17H19F3N2O7/c1-3-5-26-11-7-13(29-12(11)9-28-16(25)27-6-4-2)22-8-10(17(18,19)20)14(23)21-15(22)24/h1,8,11-13H,4-7,9H2,2H3,(H,21,23,24)/t11-,12+,13+/m0/s1. The minimum absolute atomic E-state index is 0.0665. The smallest absolute Gasteiger partial charge is 0.434 e. The molecular formula is C17H19F3N2O7. The second kappa shape index (κ2) is 9.62. The van der Waals surface area contributed by atoms with Gasteiger partial charge in [0.1, 0.15) is 31.1 Å². The van der Waals surface area contributed by atoms with Crippen LogP contribution in [0.2, 0.25) is 0 Å². The molecular weight excluding hydrogens is 401 g/mol. The zero-order valence-corrected chi connectivity index (χ0v) is 15.4. The van der Waals surface area contributed by atoms with Crippen LogP contribution in [0, 0.1) is 12.3 Å². The van der Waals surface area contributed by atoms with Crippen molar-refractivity contribution in [3.05, 3.63) is 32.6 Å². The molecule has 1 aliphatic heterocycles. The molecule has 3 atom stereocenters.